The predicted molar refractivity (Wildman–Crippen MR) is 70.2 cm³/mol. The van der Waals surface area contributed by atoms with Gasteiger partial charge in [-0.1, -0.05) is 17.7 Å². The third-order valence-electron chi connectivity index (χ3n) is 3.34. The van der Waals surface area contributed by atoms with Gasteiger partial charge in [0.1, 0.15) is 0 Å². The molecule has 2 rings (SSSR count). The summed E-state index contributed by atoms with van der Waals surface area (Å²) in [7, 11) is 0. The van der Waals surface area contributed by atoms with Gasteiger partial charge < -0.3 is 4.90 Å². The number of nitriles is 1. The molecule has 1 aromatic rings. The number of nitrogens with zero attached hydrogens (tertiary/aromatic N) is 2. The first-order valence-electron chi connectivity index (χ1n) is 6.38. The predicted octanol–water partition coefficient (Wildman–Crippen LogP) is 2.82. The van der Waals surface area contributed by atoms with E-state index in [1.165, 1.54) is 0 Å². The molecule has 0 radical (unpaired) electrons. The van der Waals surface area contributed by atoms with Crippen LogP contribution >= 0.6 is 0 Å². The Labute approximate surface area is 108 Å². The van der Waals surface area contributed by atoms with Crippen molar-refractivity contribution in [3.05, 3.63) is 34.9 Å². The van der Waals surface area contributed by atoms with E-state index in [4.69, 9.17) is 5.26 Å². The van der Waals surface area contributed by atoms with Crippen LogP contribution < -0.4 is 0 Å². The Kier molecular flexibility index (Phi) is 3.66. The summed E-state index contributed by atoms with van der Waals surface area (Å²) in [6.45, 7) is 4.50. The van der Waals surface area contributed by atoms with Gasteiger partial charge in [-0.05, 0) is 38.3 Å². The van der Waals surface area contributed by atoms with Gasteiger partial charge in [-0.15, -0.1) is 0 Å². The molecule has 0 bridgehead atoms. The number of aryl methyl sites for hydroxylation is 2. The summed E-state index contributed by atoms with van der Waals surface area (Å²) in [4.78, 5) is 14.4. The van der Waals surface area contributed by atoms with Gasteiger partial charge in [0.05, 0.1) is 12.5 Å². The van der Waals surface area contributed by atoms with Crippen LogP contribution in [0.3, 0.4) is 0 Å². The molecule has 0 atom stereocenters. The smallest absolute Gasteiger partial charge is 0.254 e. The van der Waals surface area contributed by atoms with Crippen molar-refractivity contribution in [1.82, 2.24) is 4.90 Å². The summed E-state index contributed by atoms with van der Waals surface area (Å²) in [5.41, 5.74) is 2.88. The monoisotopic (exact) mass is 242 g/mol. The topological polar surface area (TPSA) is 44.1 Å². The third kappa shape index (κ3) is 2.70. The lowest BCUT2D eigenvalue weighted by Crippen LogP contribution is -2.34. The minimum atomic E-state index is 0.0777. The highest BCUT2D eigenvalue weighted by molar-refractivity contribution is 5.96. The van der Waals surface area contributed by atoms with Gasteiger partial charge in [0.25, 0.3) is 5.91 Å². The number of carbonyl (C=O) groups excluding carboxylic acids is 1. The molecular weight excluding hydrogens is 224 g/mol. The number of hydrogen-bond donors (Lipinski definition) is 0. The Balaban J connectivity index is 2.22. The molecule has 1 aliphatic rings. The minimum absolute atomic E-state index is 0.0777. The fourth-order valence-corrected chi connectivity index (χ4v) is 2.13. The number of rotatable bonds is 4. The first-order valence-corrected chi connectivity index (χ1v) is 6.38. The van der Waals surface area contributed by atoms with Crippen LogP contribution in [-0.2, 0) is 0 Å². The van der Waals surface area contributed by atoms with Crippen LogP contribution in [0.4, 0.5) is 0 Å². The molecule has 0 aliphatic heterocycles. The van der Waals surface area contributed by atoms with Crippen LogP contribution in [0.25, 0.3) is 0 Å². The summed E-state index contributed by atoms with van der Waals surface area (Å²) in [5, 5.41) is 8.68. The molecule has 3 heteroatoms. The van der Waals surface area contributed by atoms with Gasteiger partial charge in [-0.3, -0.25) is 4.79 Å². The van der Waals surface area contributed by atoms with E-state index in [0.717, 1.165) is 29.5 Å². The molecule has 0 spiro atoms. The van der Waals surface area contributed by atoms with Crippen LogP contribution in [0.5, 0.6) is 0 Å². The molecular formula is C15H18N2O. The second-order valence-electron chi connectivity index (χ2n) is 4.96. The Morgan fingerprint density at radius 2 is 2.17 bits per heavy atom. The van der Waals surface area contributed by atoms with Crippen LogP contribution in [0.15, 0.2) is 18.2 Å². The zero-order valence-electron chi connectivity index (χ0n) is 10.9. The van der Waals surface area contributed by atoms with Gasteiger partial charge in [-0.2, -0.15) is 5.26 Å². The summed E-state index contributed by atoms with van der Waals surface area (Å²) in [6, 6.07) is 8.42. The quantitative estimate of drug-likeness (QED) is 0.815. The van der Waals surface area contributed by atoms with Gasteiger partial charge >= 0.3 is 0 Å². The van der Waals surface area contributed by atoms with Crippen molar-refractivity contribution in [2.24, 2.45) is 0 Å². The SMILES string of the molecule is Cc1ccc(C)c(C(=O)N(CCC#N)C2CC2)c1. The lowest BCUT2D eigenvalue weighted by Gasteiger charge is -2.22. The molecule has 18 heavy (non-hydrogen) atoms. The summed E-state index contributed by atoms with van der Waals surface area (Å²) >= 11 is 0. The molecule has 94 valence electrons. The van der Waals surface area contributed by atoms with E-state index in [9.17, 15) is 4.79 Å². The molecule has 3 nitrogen and oxygen atoms in total. The lowest BCUT2D eigenvalue weighted by molar-refractivity contribution is 0.0746. The number of amides is 1. The van der Waals surface area contributed by atoms with Crippen molar-refractivity contribution in [2.45, 2.75) is 39.2 Å². The van der Waals surface area contributed by atoms with Crippen molar-refractivity contribution in [3.63, 3.8) is 0 Å². The van der Waals surface area contributed by atoms with E-state index in [0.29, 0.717) is 19.0 Å². The number of hydrogen-bond acceptors (Lipinski definition) is 2. The van der Waals surface area contributed by atoms with E-state index in [2.05, 4.69) is 6.07 Å². The van der Waals surface area contributed by atoms with Crippen LogP contribution in [0, 0.1) is 25.2 Å². The summed E-state index contributed by atoms with van der Waals surface area (Å²) in [6.07, 6.45) is 2.55. The minimum Gasteiger partial charge on any atom is -0.335 e. The Morgan fingerprint density at radius 1 is 1.44 bits per heavy atom. The Bertz CT molecular complexity index is 498. The first kappa shape index (κ1) is 12.6. The Morgan fingerprint density at radius 3 is 2.78 bits per heavy atom. The zero-order chi connectivity index (χ0) is 13.1. The van der Waals surface area contributed by atoms with Crippen LogP contribution in [0.1, 0.15) is 40.7 Å². The van der Waals surface area contributed by atoms with Crippen molar-refractivity contribution < 1.29 is 4.79 Å². The maximum Gasteiger partial charge on any atom is 0.254 e. The molecule has 1 fully saturated rings. The van der Waals surface area contributed by atoms with E-state index >= 15 is 0 Å². The highest BCUT2D eigenvalue weighted by Gasteiger charge is 2.33. The molecule has 1 amide bonds. The number of carbonyl (C=O) groups is 1. The van der Waals surface area contributed by atoms with E-state index in [-0.39, 0.29) is 5.91 Å². The Hall–Kier alpha value is -1.82. The van der Waals surface area contributed by atoms with Gasteiger partial charge in [0.2, 0.25) is 0 Å². The fraction of sp³-hybridized carbons (Fsp3) is 0.467. The second kappa shape index (κ2) is 5.22. The van der Waals surface area contributed by atoms with Crippen molar-refractivity contribution in [1.29, 1.82) is 5.26 Å². The fourth-order valence-electron chi connectivity index (χ4n) is 2.13. The lowest BCUT2D eigenvalue weighted by atomic mass is 10.0. The molecule has 0 unspecified atom stereocenters. The first-order chi connectivity index (χ1) is 8.63. The zero-order valence-corrected chi connectivity index (χ0v) is 10.9. The van der Waals surface area contributed by atoms with Gasteiger partial charge in [-0.25, -0.2) is 0 Å². The van der Waals surface area contributed by atoms with E-state index in [1.807, 2.05) is 36.9 Å². The highest BCUT2D eigenvalue weighted by atomic mass is 16.2. The normalized spacial score (nSPS) is 14.1. The molecule has 1 aliphatic carbocycles. The standard InChI is InChI=1S/C15H18N2O/c1-11-4-5-12(2)14(10-11)15(18)17(9-3-8-16)13-6-7-13/h4-5,10,13H,3,6-7,9H2,1-2H3. The van der Waals surface area contributed by atoms with Crippen LogP contribution in [0.2, 0.25) is 0 Å². The van der Waals surface area contributed by atoms with Crippen molar-refractivity contribution in [3.8, 4) is 6.07 Å². The van der Waals surface area contributed by atoms with Gasteiger partial charge in [0, 0.05) is 18.2 Å². The third-order valence-corrected chi connectivity index (χ3v) is 3.34. The second-order valence-corrected chi connectivity index (χ2v) is 4.96. The summed E-state index contributed by atoms with van der Waals surface area (Å²) < 4.78 is 0. The maximum absolute atomic E-state index is 12.5. The van der Waals surface area contributed by atoms with Crippen LogP contribution in [-0.4, -0.2) is 23.4 Å². The molecule has 0 heterocycles. The summed E-state index contributed by atoms with van der Waals surface area (Å²) in [5.74, 6) is 0.0777. The number of benzene rings is 1. The van der Waals surface area contributed by atoms with Crippen molar-refractivity contribution in [2.75, 3.05) is 6.54 Å². The van der Waals surface area contributed by atoms with Gasteiger partial charge in [0.15, 0.2) is 0 Å². The average molecular weight is 242 g/mol. The largest absolute Gasteiger partial charge is 0.335 e. The molecule has 1 saturated carbocycles. The van der Waals surface area contributed by atoms with E-state index in [1.54, 1.807) is 0 Å². The molecule has 1 aromatic carbocycles. The molecule has 0 aromatic heterocycles. The maximum atomic E-state index is 12.5. The molecule has 0 saturated heterocycles. The van der Waals surface area contributed by atoms with Crippen molar-refractivity contribution >= 4 is 5.91 Å². The average Bonchev–Trinajstić information content (AvgIpc) is 3.17. The van der Waals surface area contributed by atoms with E-state index < -0.39 is 0 Å². The highest BCUT2D eigenvalue weighted by Crippen LogP contribution is 2.29. The molecule has 0 N–H and O–H groups in total.